The molecule has 3 nitrogen and oxygen atoms in total. The summed E-state index contributed by atoms with van der Waals surface area (Å²) < 4.78 is 1.18. The summed E-state index contributed by atoms with van der Waals surface area (Å²) in [6, 6.07) is 6.65. The van der Waals surface area contributed by atoms with Crippen molar-refractivity contribution in [1.82, 2.24) is 9.88 Å². The minimum absolute atomic E-state index is 0.746. The number of halogens is 1. The Morgan fingerprint density at radius 1 is 1.40 bits per heavy atom. The van der Waals surface area contributed by atoms with Gasteiger partial charge in [0.25, 0.3) is 0 Å². The molecule has 1 aromatic heterocycles. The Balaban J connectivity index is 1.54. The van der Waals surface area contributed by atoms with Crippen LogP contribution in [0.1, 0.15) is 25.7 Å². The average molecular weight is 310 g/mol. The van der Waals surface area contributed by atoms with Crippen LogP contribution in [0.15, 0.2) is 18.2 Å². The van der Waals surface area contributed by atoms with Gasteiger partial charge in [-0.3, -0.25) is 0 Å². The molecule has 20 heavy (non-hydrogen) atoms. The van der Waals surface area contributed by atoms with Crippen molar-refractivity contribution in [2.24, 2.45) is 0 Å². The first-order valence-corrected chi connectivity index (χ1v) is 8.42. The van der Waals surface area contributed by atoms with Crippen molar-refractivity contribution in [3.8, 4) is 0 Å². The number of nitrogens with one attached hydrogen (secondary N) is 1. The van der Waals surface area contributed by atoms with Crippen LogP contribution in [0.3, 0.4) is 0 Å². The zero-order valence-electron chi connectivity index (χ0n) is 11.7. The van der Waals surface area contributed by atoms with Gasteiger partial charge in [0.2, 0.25) is 0 Å². The SMILES string of the molecule is CN(CCNc1nc2cc(Cl)ccc2s1)C1CCCC1. The molecule has 1 aliphatic rings. The molecule has 0 aliphatic heterocycles. The van der Waals surface area contributed by atoms with Crippen molar-refractivity contribution in [3.05, 3.63) is 23.2 Å². The highest BCUT2D eigenvalue weighted by Gasteiger charge is 2.18. The van der Waals surface area contributed by atoms with Gasteiger partial charge in [-0.2, -0.15) is 0 Å². The molecule has 1 aromatic carbocycles. The lowest BCUT2D eigenvalue weighted by Gasteiger charge is -2.23. The predicted molar refractivity (Wildman–Crippen MR) is 88.0 cm³/mol. The van der Waals surface area contributed by atoms with E-state index >= 15 is 0 Å². The summed E-state index contributed by atoms with van der Waals surface area (Å²) in [5.74, 6) is 0. The first-order chi connectivity index (χ1) is 9.72. The molecule has 1 aliphatic carbocycles. The van der Waals surface area contributed by atoms with E-state index in [2.05, 4.69) is 22.2 Å². The van der Waals surface area contributed by atoms with E-state index in [1.165, 1.54) is 30.4 Å². The quantitative estimate of drug-likeness (QED) is 0.895. The number of benzene rings is 1. The van der Waals surface area contributed by atoms with E-state index in [1.807, 2.05) is 18.2 Å². The second-order valence-electron chi connectivity index (χ2n) is 5.48. The third kappa shape index (κ3) is 3.25. The normalized spacial score (nSPS) is 16.4. The topological polar surface area (TPSA) is 28.2 Å². The molecule has 0 amide bonds. The van der Waals surface area contributed by atoms with Gasteiger partial charge < -0.3 is 10.2 Å². The number of nitrogens with zero attached hydrogens (tertiary/aromatic N) is 2. The van der Waals surface area contributed by atoms with Crippen LogP contribution in [-0.4, -0.2) is 36.1 Å². The van der Waals surface area contributed by atoms with Crippen LogP contribution >= 0.6 is 22.9 Å². The Morgan fingerprint density at radius 3 is 3.00 bits per heavy atom. The Labute approximate surface area is 128 Å². The summed E-state index contributed by atoms with van der Waals surface area (Å²) in [5, 5.41) is 5.16. The summed E-state index contributed by atoms with van der Waals surface area (Å²) >= 11 is 7.67. The van der Waals surface area contributed by atoms with E-state index in [4.69, 9.17) is 11.6 Å². The molecule has 0 radical (unpaired) electrons. The standard InChI is InChI=1S/C15H20ClN3S/c1-19(12-4-2-3-5-12)9-8-17-15-18-13-10-11(16)6-7-14(13)20-15/h6-7,10,12H,2-5,8-9H2,1H3,(H,17,18). The van der Waals surface area contributed by atoms with Gasteiger partial charge in [-0.15, -0.1) is 0 Å². The van der Waals surface area contributed by atoms with Crippen LogP contribution in [0.5, 0.6) is 0 Å². The minimum Gasteiger partial charge on any atom is -0.360 e. The Kier molecular flexibility index (Phi) is 4.44. The number of aromatic nitrogens is 1. The van der Waals surface area contributed by atoms with E-state index in [9.17, 15) is 0 Å². The van der Waals surface area contributed by atoms with Gasteiger partial charge in [0, 0.05) is 24.2 Å². The first-order valence-electron chi connectivity index (χ1n) is 7.22. The van der Waals surface area contributed by atoms with Crippen molar-refractivity contribution in [2.75, 3.05) is 25.5 Å². The molecule has 3 rings (SSSR count). The van der Waals surface area contributed by atoms with Crippen LogP contribution in [0.4, 0.5) is 5.13 Å². The van der Waals surface area contributed by atoms with Crippen LogP contribution < -0.4 is 5.32 Å². The molecule has 1 saturated carbocycles. The molecular weight excluding hydrogens is 290 g/mol. The van der Waals surface area contributed by atoms with Gasteiger partial charge in [-0.1, -0.05) is 35.8 Å². The maximum Gasteiger partial charge on any atom is 0.183 e. The molecule has 108 valence electrons. The van der Waals surface area contributed by atoms with Gasteiger partial charge in [-0.25, -0.2) is 4.98 Å². The number of rotatable bonds is 5. The molecule has 0 unspecified atom stereocenters. The van der Waals surface area contributed by atoms with E-state index in [1.54, 1.807) is 11.3 Å². The zero-order chi connectivity index (χ0) is 13.9. The Morgan fingerprint density at radius 2 is 2.20 bits per heavy atom. The van der Waals surface area contributed by atoms with Crippen LogP contribution in [0, 0.1) is 0 Å². The Hall–Kier alpha value is -0.840. The highest BCUT2D eigenvalue weighted by Crippen LogP contribution is 2.28. The fourth-order valence-electron chi connectivity index (χ4n) is 2.84. The maximum atomic E-state index is 5.98. The lowest BCUT2D eigenvalue weighted by molar-refractivity contribution is 0.254. The van der Waals surface area contributed by atoms with Gasteiger partial charge >= 0.3 is 0 Å². The van der Waals surface area contributed by atoms with Gasteiger partial charge in [-0.05, 0) is 38.1 Å². The van der Waals surface area contributed by atoms with Crippen LogP contribution in [0.25, 0.3) is 10.2 Å². The zero-order valence-corrected chi connectivity index (χ0v) is 13.3. The highest BCUT2D eigenvalue weighted by atomic mass is 35.5. The third-order valence-electron chi connectivity index (χ3n) is 4.04. The number of hydrogen-bond acceptors (Lipinski definition) is 4. The molecule has 1 heterocycles. The van der Waals surface area contributed by atoms with Gasteiger partial charge in [0.05, 0.1) is 10.2 Å². The molecular formula is C15H20ClN3S. The fourth-order valence-corrected chi connectivity index (χ4v) is 3.88. The summed E-state index contributed by atoms with van der Waals surface area (Å²) in [6.07, 6.45) is 5.49. The highest BCUT2D eigenvalue weighted by molar-refractivity contribution is 7.22. The number of fused-ring (bicyclic) bond motifs is 1. The van der Waals surface area contributed by atoms with Crippen molar-refractivity contribution < 1.29 is 0 Å². The van der Waals surface area contributed by atoms with Gasteiger partial charge in [0.1, 0.15) is 0 Å². The maximum absolute atomic E-state index is 5.98. The molecule has 5 heteroatoms. The monoisotopic (exact) mass is 309 g/mol. The summed E-state index contributed by atoms with van der Waals surface area (Å²) in [4.78, 5) is 7.05. The lowest BCUT2D eigenvalue weighted by Crippen LogP contribution is -2.33. The second-order valence-corrected chi connectivity index (χ2v) is 6.94. The molecule has 0 spiro atoms. The van der Waals surface area contributed by atoms with E-state index in [0.717, 1.165) is 34.8 Å². The first kappa shape index (κ1) is 14.1. The van der Waals surface area contributed by atoms with Crippen LogP contribution in [-0.2, 0) is 0 Å². The number of likely N-dealkylation sites (N-methyl/N-ethyl adjacent to an activating group) is 1. The van der Waals surface area contributed by atoms with Crippen molar-refractivity contribution in [1.29, 1.82) is 0 Å². The Bertz CT molecular complexity index is 578. The molecule has 0 atom stereocenters. The van der Waals surface area contributed by atoms with Crippen molar-refractivity contribution in [3.63, 3.8) is 0 Å². The molecule has 0 saturated heterocycles. The van der Waals surface area contributed by atoms with Crippen LogP contribution in [0.2, 0.25) is 5.02 Å². The van der Waals surface area contributed by atoms with E-state index in [0.29, 0.717) is 0 Å². The average Bonchev–Trinajstić information content (AvgIpc) is 3.06. The third-order valence-corrected chi connectivity index (χ3v) is 5.27. The number of anilines is 1. The smallest absolute Gasteiger partial charge is 0.183 e. The molecule has 1 fully saturated rings. The summed E-state index contributed by atoms with van der Waals surface area (Å²) in [6.45, 7) is 2.02. The van der Waals surface area contributed by atoms with Crippen molar-refractivity contribution >= 4 is 38.3 Å². The minimum atomic E-state index is 0.746. The summed E-state index contributed by atoms with van der Waals surface area (Å²) in [7, 11) is 2.23. The largest absolute Gasteiger partial charge is 0.360 e. The molecule has 0 bridgehead atoms. The predicted octanol–water partition coefficient (Wildman–Crippen LogP) is 4.24. The lowest BCUT2D eigenvalue weighted by atomic mass is 10.2. The number of hydrogen-bond donors (Lipinski definition) is 1. The fraction of sp³-hybridized carbons (Fsp3) is 0.533. The van der Waals surface area contributed by atoms with E-state index in [-0.39, 0.29) is 0 Å². The van der Waals surface area contributed by atoms with Gasteiger partial charge in [0.15, 0.2) is 5.13 Å². The second kappa shape index (κ2) is 6.29. The summed E-state index contributed by atoms with van der Waals surface area (Å²) in [5.41, 5.74) is 0.981. The van der Waals surface area contributed by atoms with E-state index < -0.39 is 0 Å². The number of thiazole rings is 1. The molecule has 2 aromatic rings. The molecule has 1 N–H and O–H groups in total. The van der Waals surface area contributed by atoms with Crippen molar-refractivity contribution in [2.45, 2.75) is 31.7 Å².